The lowest BCUT2D eigenvalue weighted by Gasteiger charge is -2.11. The molecule has 15 heavy (non-hydrogen) atoms. The van der Waals surface area contributed by atoms with Crippen LogP contribution in [0.1, 0.15) is 18.7 Å². The van der Waals surface area contributed by atoms with Crippen molar-refractivity contribution in [2.45, 2.75) is 19.1 Å². The Morgan fingerprint density at radius 2 is 2.00 bits per heavy atom. The first-order valence-electron chi connectivity index (χ1n) is 4.28. The molecule has 0 aromatic carbocycles. The molecular weight excluding hydrogens is 198 g/mol. The second-order valence-corrected chi connectivity index (χ2v) is 3.02. The van der Waals surface area contributed by atoms with E-state index in [2.05, 4.69) is 15.0 Å². The van der Waals surface area contributed by atoms with Crippen molar-refractivity contribution in [1.82, 2.24) is 9.97 Å². The standard InChI is InChI=1S/C8H13N5O2/c1-4(14)7(15)5-2-12-6(3-11-5)13-8(9)10/h2-4,7,14-15H,1H3,(H4,9,10,12,13)/t4-,7-/m1/s1. The third-order valence-electron chi connectivity index (χ3n) is 1.66. The number of aliphatic hydroxyl groups is 2. The zero-order valence-corrected chi connectivity index (χ0v) is 8.20. The van der Waals surface area contributed by atoms with Crippen molar-refractivity contribution in [1.29, 1.82) is 0 Å². The summed E-state index contributed by atoms with van der Waals surface area (Å²) in [4.78, 5) is 11.4. The van der Waals surface area contributed by atoms with E-state index in [1.165, 1.54) is 19.3 Å². The van der Waals surface area contributed by atoms with Crippen LogP contribution in [-0.4, -0.2) is 32.2 Å². The van der Waals surface area contributed by atoms with Gasteiger partial charge in [0.1, 0.15) is 6.10 Å². The minimum Gasteiger partial charge on any atom is -0.390 e. The lowest BCUT2D eigenvalue weighted by Crippen LogP contribution is -2.22. The number of aliphatic imine (C=N–C) groups is 1. The Hall–Kier alpha value is -1.73. The van der Waals surface area contributed by atoms with Crippen LogP contribution in [0.2, 0.25) is 0 Å². The minimum atomic E-state index is -1.06. The lowest BCUT2D eigenvalue weighted by molar-refractivity contribution is 0.0276. The van der Waals surface area contributed by atoms with Gasteiger partial charge in [-0.25, -0.2) is 4.98 Å². The molecule has 6 N–H and O–H groups in total. The molecule has 0 bridgehead atoms. The Labute approximate surface area is 86.5 Å². The number of nitrogens with two attached hydrogens (primary N) is 2. The molecule has 7 nitrogen and oxygen atoms in total. The molecule has 7 heteroatoms. The van der Waals surface area contributed by atoms with Crippen LogP contribution in [0.4, 0.5) is 5.82 Å². The minimum absolute atomic E-state index is 0.117. The maximum Gasteiger partial charge on any atom is 0.192 e. The zero-order valence-electron chi connectivity index (χ0n) is 8.20. The Morgan fingerprint density at radius 3 is 2.40 bits per heavy atom. The predicted octanol–water partition coefficient (Wildman–Crippen LogP) is -1.20. The van der Waals surface area contributed by atoms with Crippen molar-refractivity contribution in [3.8, 4) is 0 Å². The van der Waals surface area contributed by atoms with Crippen molar-refractivity contribution in [2.75, 3.05) is 0 Å². The Bertz CT molecular complexity index is 345. The van der Waals surface area contributed by atoms with Crippen LogP contribution < -0.4 is 11.5 Å². The van der Waals surface area contributed by atoms with Gasteiger partial charge in [-0.2, -0.15) is 4.99 Å². The normalized spacial score (nSPS) is 14.3. The van der Waals surface area contributed by atoms with Gasteiger partial charge < -0.3 is 21.7 Å². The molecule has 0 aliphatic rings. The lowest BCUT2D eigenvalue weighted by atomic mass is 10.2. The average Bonchev–Trinajstić information content (AvgIpc) is 2.17. The second-order valence-electron chi connectivity index (χ2n) is 3.02. The van der Waals surface area contributed by atoms with E-state index in [4.69, 9.17) is 16.6 Å². The summed E-state index contributed by atoms with van der Waals surface area (Å²) in [7, 11) is 0. The Kier molecular flexibility index (Phi) is 3.53. The molecule has 0 spiro atoms. The predicted molar refractivity (Wildman–Crippen MR) is 54.1 cm³/mol. The fourth-order valence-corrected chi connectivity index (χ4v) is 0.921. The van der Waals surface area contributed by atoms with Crippen molar-refractivity contribution in [3.05, 3.63) is 18.1 Å². The van der Waals surface area contributed by atoms with Crippen LogP contribution in [-0.2, 0) is 0 Å². The van der Waals surface area contributed by atoms with Crippen LogP contribution in [0, 0.1) is 0 Å². The van der Waals surface area contributed by atoms with Crippen LogP contribution in [0.25, 0.3) is 0 Å². The maximum absolute atomic E-state index is 9.43. The SMILES string of the molecule is C[C@@H](O)[C@@H](O)c1cnc(N=C(N)N)cn1. The molecule has 1 aromatic rings. The highest BCUT2D eigenvalue weighted by molar-refractivity contribution is 5.78. The molecule has 0 saturated heterocycles. The molecule has 0 unspecified atom stereocenters. The molecule has 1 aromatic heterocycles. The molecule has 0 amide bonds. The topological polar surface area (TPSA) is 131 Å². The van der Waals surface area contributed by atoms with Crippen LogP contribution >= 0.6 is 0 Å². The van der Waals surface area contributed by atoms with Crippen LogP contribution in [0.15, 0.2) is 17.4 Å². The Balaban J connectivity index is 2.85. The molecular formula is C8H13N5O2. The van der Waals surface area contributed by atoms with E-state index in [1.807, 2.05) is 0 Å². The zero-order chi connectivity index (χ0) is 11.4. The van der Waals surface area contributed by atoms with E-state index in [9.17, 15) is 5.11 Å². The van der Waals surface area contributed by atoms with Gasteiger partial charge in [0.2, 0.25) is 0 Å². The summed E-state index contributed by atoms with van der Waals surface area (Å²) in [6.07, 6.45) is 0.638. The third-order valence-corrected chi connectivity index (χ3v) is 1.66. The summed E-state index contributed by atoms with van der Waals surface area (Å²) in [5.41, 5.74) is 10.5. The molecule has 0 aliphatic carbocycles. The van der Waals surface area contributed by atoms with Gasteiger partial charge in [0.05, 0.1) is 24.2 Å². The fourth-order valence-electron chi connectivity index (χ4n) is 0.921. The van der Waals surface area contributed by atoms with Gasteiger partial charge in [-0.05, 0) is 6.92 Å². The second kappa shape index (κ2) is 4.67. The van der Waals surface area contributed by atoms with E-state index in [0.29, 0.717) is 0 Å². The average molecular weight is 211 g/mol. The smallest absolute Gasteiger partial charge is 0.192 e. The van der Waals surface area contributed by atoms with Crippen molar-refractivity contribution < 1.29 is 10.2 Å². The van der Waals surface area contributed by atoms with Crippen molar-refractivity contribution in [2.24, 2.45) is 16.5 Å². The number of hydrogen-bond acceptors (Lipinski definition) is 5. The molecule has 0 saturated carbocycles. The summed E-state index contributed by atoms with van der Waals surface area (Å²) >= 11 is 0. The van der Waals surface area contributed by atoms with Gasteiger partial charge in [0.15, 0.2) is 11.8 Å². The van der Waals surface area contributed by atoms with Gasteiger partial charge in [-0.15, -0.1) is 0 Å². The molecule has 1 rings (SSSR count). The highest BCUT2D eigenvalue weighted by atomic mass is 16.3. The molecule has 0 fully saturated rings. The van der Waals surface area contributed by atoms with Gasteiger partial charge >= 0.3 is 0 Å². The fraction of sp³-hybridized carbons (Fsp3) is 0.375. The summed E-state index contributed by atoms with van der Waals surface area (Å²) in [6, 6.07) is 0. The van der Waals surface area contributed by atoms with Crippen LogP contribution in [0.3, 0.4) is 0 Å². The van der Waals surface area contributed by atoms with Crippen molar-refractivity contribution in [3.63, 3.8) is 0 Å². The first kappa shape index (κ1) is 11.3. The maximum atomic E-state index is 9.43. The monoisotopic (exact) mass is 211 g/mol. The van der Waals surface area contributed by atoms with Crippen molar-refractivity contribution >= 4 is 11.8 Å². The van der Waals surface area contributed by atoms with Crippen LogP contribution in [0.5, 0.6) is 0 Å². The van der Waals surface area contributed by atoms with Gasteiger partial charge in [0, 0.05) is 0 Å². The quantitative estimate of drug-likeness (QED) is 0.366. The number of nitrogens with zero attached hydrogens (tertiary/aromatic N) is 3. The summed E-state index contributed by atoms with van der Waals surface area (Å²) < 4.78 is 0. The summed E-state index contributed by atoms with van der Waals surface area (Å²) in [6.45, 7) is 1.45. The van der Waals surface area contributed by atoms with Gasteiger partial charge in [0.25, 0.3) is 0 Å². The van der Waals surface area contributed by atoms with E-state index in [-0.39, 0.29) is 17.5 Å². The molecule has 82 valence electrons. The number of rotatable bonds is 3. The van der Waals surface area contributed by atoms with Gasteiger partial charge in [-0.1, -0.05) is 0 Å². The Morgan fingerprint density at radius 1 is 1.33 bits per heavy atom. The summed E-state index contributed by atoms with van der Waals surface area (Å²) in [5, 5.41) is 18.5. The summed E-state index contributed by atoms with van der Waals surface area (Å²) in [5.74, 6) is 0.129. The molecule has 0 radical (unpaired) electrons. The number of hydrogen-bond donors (Lipinski definition) is 4. The van der Waals surface area contributed by atoms with E-state index in [0.717, 1.165) is 0 Å². The first-order chi connectivity index (χ1) is 7.00. The number of aromatic nitrogens is 2. The van der Waals surface area contributed by atoms with Gasteiger partial charge in [-0.3, -0.25) is 4.98 Å². The van der Waals surface area contributed by atoms with E-state index < -0.39 is 12.2 Å². The molecule has 1 heterocycles. The molecule has 2 atom stereocenters. The highest BCUT2D eigenvalue weighted by Crippen LogP contribution is 2.14. The number of guanidine groups is 1. The largest absolute Gasteiger partial charge is 0.390 e. The molecule has 0 aliphatic heterocycles. The number of aliphatic hydroxyl groups excluding tert-OH is 2. The van der Waals surface area contributed by atoms with E-state index >= 15 is 0 Å². The highest BCUT2D eigenvalue weighted by Gasteiger charge is 2.15. The van der Waals surface area contributed by atoms with E-state index in [1.54, 1.807) is 0 Å². The first-order valence-corrected chi connectivity index (χ1v) is 4.28. The third kappa shape index (κ3) is 3.15.